The second-order valence-electron chi connectivity index (χ2n) is 10.5. The molecule has 0 saturated heterocycles. The molecule has 0 aliphatic heterocycles. The summed E-state index contributed by atoms with van der Waals surface area (Å²) in [6, 6.07) is 19.1. The van der Waals surface area contributed by atoms with Crippen LogP contribution in [0, 0.1) is 17.7 Å². The van der Waals surface area contributed by atoms with Gasteiger partial charge in [-0.3, -0.25) is 0 Å². The molecule has 4 heteroatoms. The summed E-state index contributed by atoms with van der Waals surface area (Å²) < 4.78 is 19.5. The average Bonchev–Trinajstić information content (AvgIpc) is 2.76. The van der Waals surface area contributed by atoms with Crippen molar-refractivity contribution in [1.29, 1.82) is 0 Å². The molecule has 0 spiro atoms. The first-order chi connectivity index (χ1) is 15.5. The minimum atomic E-state index is -0.474. The third kappa shape index (κ3) is 3.70. The fraction of sp³-hybridized carbons (Fsp3) is 0.429. The quantitative estimate of drug-likeness (QED) is 0.524. The lowest BCUT2D eigenvalue weighted by molar-refractivity contribution is -0.142. The molecule has 4 saturated carbocycles. The molecule has 3 aromatic carbocycles. The van der Waals surface area contributed by atoms with Crippen molar-refractivity contribution < 1.29 is 14.2 Å². The molecule has 166 valence electrons. The summed E-state index contributed by atoms with van der Waals surface area (Å²) in [6.45, 7) is 1.12. The summed E-state index contributed by atoms with van der Waals surface area (Å²) in [5.41, 5.74) is 1.66. The third-order valence-corrected chi connectivity index (χ3v) is 7.98. The zero-order valence-corrected chi connectivity index (χ0v) is 18.3. The molecule has 2 atom stereocenters. The highest BCUT2D eigenvalue weighted by Gasteiger charge is 2.56. The Morgan fingerprint density at radius 3 is 2.44 bits per heavy atom. The van der Waals surface area contributed by atoms with Crippen molar-refractivity contribution in [2.75, 3.05) is 0 Å². The van der Waals surface area contributed by atoms with Gasteiger partial charge in [-0.15, -0.1) is 0 Å². The topological polar surface area (TPSA) is 41.5 Å². The molecule has 2 unspecified atom stereocenters. The monoisotopic (exact) mass is 431 g/mol. The van der Waals surface area contributed by atoms with Crippen LogP contribution in [0.15, 0.2) is 60.7 Å². The van der Waals surface area contributed by atoms with Gasteiger partial charge in [0, 0.05) is 17.6 Å². The molecule has 4 aliphatic rings. The zero-order valence-electron chi connectivity index (χ0n) is 18.3. The van der Waals surface area contributed by atoms with Crippen molar-refractivity contribution in [2.45, 2.75) is 62.8 Å². The zero-order chi connectivity index (χ0) is 21.8. The minimum absolute atomic E-state index is 0.0318. The van der Waals surface area contributed by atoms with E-state index in [4.69, 9.17) is 4.74 Å². The molecule has 32 heavy (non-hydrogen) atoms. The lowest BCUT2D eigenvalue weighted by Gasteiger charge is -2.60. The van der Waals surface area contributed by atoms with E-state index in [0.29, 0.717) is 18.4 Å². The molecule has 4 bridgehead atoms. The minimum Gasteiger partial charge on any atom is -0.489 e. The fourth-order valence-corrected chi connectivity index (χ4v) is 7.07. The Bertz CT molecular complexity index is 1130. The Hall–Kier alpha value is -2.43. The molecular weight excluding hydrogens is 401 g/mol. The highest BCUT2D eigenvalue weighted by Crippen LogP contribution is 2.57. The molecule has 0 aromatic heterocycles. The van der Waals surface area contributed by atoms with E-state index in [2.05, 4.69) is 41.7 Å². The van der Waals surface area contributed by atoms with Crippen LogP contribution in [0.5, 0.6) is 5.75 Å². The van der Waals surface area contributed by atoms with Crippen LogP contribution in [0.1, 0.15) is 49.7 Å². The number of aliphatic hydroxyl groups is 1. The maximum absolute atomic E-state index is 13.3. The maximum Gasteiger partial charge on any atom is 0.124 e. The van der Waals surface area contributed by atoms with E-state index in [1.54, 1.807) is 12.1 Å². The molecular formula is C28H30FNO2. The smallest absolute Gasteiger partial charge is 0.124 e. The van der Waals surface area contributed by atoms with E-state index in [-0.39, 0.29) is 11.4 Å². The average molecular weight is 432 g/mol. The first-order valence-electron chi connectivity index (χ1n) is 11.8. The van der Waals surface area contributed by atoms with Crippen molar-refractivity contribution in [1.82, 2.24) is 5.32 Å². The van der Waals surface area contributed by atoms with E-state index in [0.717, 1.165) is 42.7 Å². The van der Waals surface area contributed by atoms with Crippen LogP contribution in [-0.4, -0.2) is 16.2 Å². The summed E-state index contributed by atoms with van der Waals surface area (Å²) >= 11 is 0. The Morgan fingerprint density at radius 2 is 1.69 bits per heavy atom. The van der Waals surface area contributed by atoms with Crippen LogP contribution in [0.3, 0.4) is 0 Å². The summed E-state index contributed by atoms with van der Waals surface area (Å²) in [7, 11) is 0. The van der Waals surface area contributed by atoms with E-state index in [9.17, 15) is 9.50 Å². The molecule has 3 aromatic rings. The van der Waals surface area contributed by atoms with Gasteiger partial charge in [0.05, 0.1) is 5.60 Å². The van der Waals surface area contributed by atoms with Crippen LogP contribution in [0.2, 0.25) is 0 Å². The van der Waals surface area contributed by atoms with Gasteiger partial charge in [-0.1, -0.05) is 42.5 Å². The van der Waals surface area contributed by atoms with Crippen LogP contribution in [0.4, 0.5) is 4.39 Å². The maximum atomic E-state index is 13.3. The Balaban J connectivity index is 1.28. The lowest BCUT2D eigenvalue weighted by atomic mass is 9.51. The van der Waals surface area contributed by atoms with E-state index >= 15 is 0 Å². The summed E-state index contributed by atoms with van der Waals surface area (Å²) in [6.07, 6.45) is 6.45. The number of rotatable bonds is 6. The van der Waals surface area contributed by atoms with Gasteiger partial charge in [0.2, 0.25) is 0 Å². The molecule has 7 rings (SSSR count). The van der Waals surface area contributed by atoms with Crippen molar-refractivity contribution >= 4 is 10.8 Å². The molecule has 0 radical (unpaired) electrons. The van der Waals surface area contributed by atoms with Gasteiger partial charge in [-0.25, -0.2) is 4.39 Å². The number of hydrogen-bond donors (Lipinski definition) is 2. The van der Waals surface area contributed by atoms with Crippen molar-refractivity contribution in [3.05, 3.63) is 77.6 Å². The molecule has 3 nitrogen and oxygen atoms in total. The van der Waals surface area contributed by atoms with Crippen LogP contribution in [-0.2, 0) is 13.2 Å². The van der Waals surface area contributed by atoms with Gasteiger partial charge in [-0.05, 0) is 84.9 Å². The molecule has 2 N–H and O–H groups in total. The molecule has 0 heterocycles. The largest absolute Gasteiger partial charge is 0.489 e. The number of hydrogen-bond acceptors (Lipinski definition) is 3. The SMILES string of the molecule is OC12CC3CC(C1)CC(NCc1c(OCc4ccc(F)cc4)ccc4ccccc14)(C3)C2. The van der Waals surface area contributed by atoms with E-state index in [1.807, 2.05) is 0 Å². The number of benzene rings is 3. The normalized spacial score (nSPS) is 30.7. The molecule has 0 amide bonds. The van der Waals surface area contributed by atoms with E-state index in [1.165, 1.54) is 42.2 Å². The fourth-order valence-electron chi connectivity index (χ4n) is 7.07. The van der Waals surface area contributed by atoms with Gasteiger partial charge in [0.25, 0.3) is 0 Å². The van der Waals surface area contributed by atoms with Crippen molar-refractivity contribution in [3.8, 4) is 5.75 Å². The summed E-state index contributed by atoms with van der Waals surface area (Å²) in [4.78, 5) is 0. The Morgan fingerprint density at radius 1 is 0.938 bits per heavy atom. The number of fused-ring (bicyclic) bond motifs is 1. The summed E-state index contributed by atoms with van der Waals surface area (Å²) in [5.74, 6) is 1.93. The first-order valence-corrected chi connectivity index (χ1v) is 11.8. The summed E-state index contributed by atoms with van der Waals surface area (Å²) in [5, 5.41) is 17.4. The standard InChI is InChI=1S/C28H30FNO2/c29-23-8-5-19(6-9-23)17-32-26-10-7-22-3-1-2-4-24(22)25(26)16-30-27-12-20-11-21(13-27)15-28(31,14-20)18-27/h1-10,20-21,30-31H,11-18H2. The number of halogens is 1. The molecule has 4 aliphatic carbocycles. The second-order valence-corrected chi connectivity index (χ2v) is 10.5. The Kier molecular flexibility index (Phi) is 4.78. The predicted molar refractivity (Wildman–Crippen MR) is 124 cm³/mol. The van der Waals surface area contributed by atoms with Crippen molar-refractivity contribution in [3.63, 3.8) is 0 Å². The molecule has 4 fully saturated rings. The van der Waals surface area contributed by atoms with Gasteiger partial charge in [0.1, 0.15) is 18.2 Å². The van der Waals surface area contributed by atoms with Crippen LogP contribution >= 0.6 is 0 Å². The number of nitrogens with one attached hydrogen (secondary N) is 1. The first kappa shape index (κ1) is 20.2. The Labute approximate surface area is 188 Å². The highest BCUT2D eigenvalue weighted by molar-refractivity contribution is 5.87. The van der Waals surface area contributed by atoms with Crippen molar-refractivity contribution in [2.24, 2.45) is 11.8 Å². The number of ether oxygens (including phenoxy) is 1. The van der Waals surface area contributed by atoms with Gasteiger partial charge in [0.15, 0.2) is 0 Å². The predicted octanol–water partition coefficient (Wildman–Crippen LogP) is 5.73. The third-order valence-electron chi connectivity index (χ3n) is 7.98. The van der Waals surface area contributed by atoms with Gasteiger partial charge in [-0.2, -0.15) is 0 Å². The lowest BCUT2D eigenvalue weighted by Crippen LogP contribution is -2.64. The van der Waals surface area contributed by atoms with Gasteiger partial charge < -0.3 is 15.2 Å². The second kappa shape index (κ2) is 7.57. The van der Waals surface area contributed by atoms with Gasteiger partial charge >= 0.3 is 0 Å². The van der Waals surface area contributed by atoms with E-state index < -0.39 is 5.60 Å². The van der Waals surface area contributed by atoms with Crippen LogP contribution < -0.4 is 10.1 Å². The van der Waals surface area contributed by atoms with Crippen LogP contribution in [0.25, 0.3) is 10.8 Å². The highest BCUT2D eigenvalue weighted by atomic mass is 19.1.